The molecule has 0 bridgehead atoms. The highest BCUT2D eigenvalue weighted by Gasteiger charge is 2.34. The van der Waals surface area contributed by atoms with Crippen LogP contribution in [0.15, 0.2) is 34.8 Å². The van der Waals surface area contributed by atoms with E-state index in [-0.39, 0.29) is 17.9 Å². The summed E-state index contributed by atoms with van der Waals surface area (Å²) in [5.41, 5.74) is 6.06. The lowest BCUT2D eigenvalue weighted by Crippen LogP contribution is -2.36. The van der Waals surface area contributed by atoms with Crippen molar-refractivity contribution < 1.29 is 9.59 Å². The maximum Gasteiger partial charge on any atom is 0.246 e. The molecule has 8 heteroatoms. The number of nitrogens with zero attached hydrogens (tertiary/aromatic N) is 4. The Bertz CT molecular complexity index is 1040. The molecule has 3 aliphatic rings. The second kappa shape index (κ2) is 8.72. The summed E-state index contributed by atoms with van der Waals surface area (Å²) in [4.78, 5) is 37.9. The summed E-state index contributed by atoms with van der Waals surface area (Å²) < 4.78 is 0. The lowest BCUT2D eigenvalue weighted by molar-refractivity contribution is -0.126. The molecular weight excluding hydrogens is 410 g/mol. The van der Waals surface area contributed by atoms with Gasteiger partial charge < -0.3 is 10.2 Å². The fraction of sp³-hybridized carbons (Fsp3) is 0.391. The van der Waals surface area contributed by atoms with Gasteiger partial charge in [-0.2, -0.15) is 0 Å². The number of anilines is 1. The van der Waals surface area contributed by atoms with Crippen LogP contribution in [-0.4, -0.2) is 57.3 Å². The van der Waals surface area contributed by atoms with E-state index < -0.39 is 0 Å². The van der Waals surface area contributed by atoms with E-state index in [9.17, 15) is 9.59 Å². The third-order valence-corrected chi connectivity index (χ3v) is 6.81. The van der Waals surface area contributed by atoms with Gasteiger partial charge in [-0.1, -0.05) is 5.57 Å². The first kappa shape index (κ1) is 20.1. The minimum atomic E-state index is -0.0525. The summed E-state index contributed by atoms with van der Waals surface area (Å²) in [5, 5.41) is 5.00. The minimum absolute atomic E-state index is 0.0237. The first-order chi connectivity index (χ1) is 15.2. The van der Waals surface area contributed by atoms with Gasteiger partial charge >= 0.3 is 0 Å². The van der Waals surface area contributed by atoms with Crippen molar-refractivity contribution in [1.29, 1.82) is 0 Å². The van der Waals surface area contributed by atoms with Crippen molar-refractivity contribution in [3.8, 4) is 0 Å². The Morgan fingerprint density at radius 2 is 2.10 bits per heavy atom. The number of hydrogen-bond donors (Lipinski definition) is 1. The summed E-state index contributed by atoms with van der Waals surface area (Å²) in [6.45, 7) is 3.10. The number of fused-ring (bicyclic) bond motifs is 2. The molecule has 2 aromatic rings. The van der Waals surface area contributed by atoms with Crippen LogP contribution in [0.3, 0.4) is 0 Å². The zero-order valence-electron chi connectivity index (χ0n) is 17.3. The number of carbonyl (C=O) groups excluding carboxylic acids is 2. The van der Waals surface area contributed by atoms with Crippen molar-refractivity contribution in [1.82, 2.24) is 19.8 Å². The average Bonchev–Trinajstić information content (AvgIpc) is 3.44. The largest absolute Gasteiger partial charge is 0.339 e. The fourth-order valence-corrected chi connectivity index (χ4v) is 5.03. The number of likely N-dealkylation sites (tertiary alicyclic amines) is 1. The number of nitrogens with one attached hydrogen (secondary N) is 1. The molecule has 160 valence electrons. The number of rotatable bonds is 3. The van der Waals surface area contributed by atoms with Gasteiger partial charge in [0.05, 0.1) is 17.2 Å². The van der Waals surface area contributed by atoms with Crippen LogP contribution in [0.5, 0.6) is 0 Å². The molecular formula is C23H25N5O2S. The van der Waals surface area contributed by atoms with Crippen LogP contribution < -0.4 is 5.32 Å². The van der Waals surface area contributed by atoms with E-state index in [1.54, 1.807) is 23.6 Å². The topological polar surface area (TPSA) is 78.4 Å². The standard InChI is InChI=1S/C23H25N5O2S/c29-21(27-8-5-16(6-9-27)11-19-14-31-15-25-19)4-3-17-10-18-13-28-7-1-2-20(28)23(30)26-22(18)24-12-17/h3-4,10-12,14-15,20H,1-2,5-9,13H2,(H,24,26,30). The van der Waals surface area contributed by atoms with Crippen LogP contribution in [0, 0.1) is 0 Å². The third kappa shape index (κ3) is 4.45. The third-order valence-electron chi connectivity index (χ3n) is 6.21. The smallest absolute Gasteiger partial charge is 0.246 e. The monoisotopic (exact) mass is 435 g/mol. The summed E-state index contributed by atoms with van der Waals surface area (Å²) in [6, 6.07) is 1.97. The molecule has 0 spiro atoms. The SMILES string of the molecule is O=C1Nc2ncc(C=CC(=O)N3CCC(=Cc4cscn4)CC3)cc2CN2CCCC12. The van der Waals surface area contributed by atoms with E-state index in [2.05, 4.69) is 26.3 Å². The second-order valence-electron chi connectivity index (χ2n) is 8.27. The predicted octanol–water partition coefficient (Wildman–Crippen LogP) is 3.17. The Hall–Kier alpha value is -2.84. The molecule has 0 aromatic carbocycles. The quantitative estimate of drug-likeness (QED) is 0.750. The Labute approximate surface area is 185 Å². The highest BCUT2D eigenvalue weighted by molar-refractivity contribution is 7.07. The Kier molecular flexibility index (Phi) is 5.65. The minimum Gasteiger partial charge on any atom is -0.339 e. The summed E-state index contributed by atoms with van der Waals surface area (Å²) in [6.07, 6.45) is 11.0. The van der Waals surface area contributed by atoms with Crippen LogP contribution in [-0.2, 0) is 16.1 Å². The second-order valence-corrected chi connectivity index (χ2v) is 8.99. The van der Waals surface area contributed by atoms with Crippen molar-refractivity contribution in [2.45, 2.75) is 38.3 Å². The highest BCUT2D eigenvalue weighted by atomic mass is 32.1. The van der Waals surface area contributed by atoms with Gasteiger partial charge in [0.2, 0.25) is 11.8 Å². The molecule has 2 amide bonds. The molecule has 5 heterocycles. The van der Waals surface area contributed by atoms with Crippen molar-refractivity contribution in [3.63, 3.8) is 0 Å². The first-order valence-electron chi connectivity index (χ1n) is 10.7. The molecule has 0 aliphatic carbocycles. The number of aromatic nitrogens is 2. The van der Waals surface area contributed by atoms with Crippen LogP contribution in [0.4, 0.5) is 5.82 Å². The number of hydrogen-bond acceptors (Lipinski definition) is 6. The number of amides is 2. The predicted molar refractivity (Wildman–Crippen MR) is 121 cm³/mol. The van der Waals surface area contributed by atoms with Crippen LogP contribution >= 0.6 is 11.3 Å². The lowest BCUT2D eigenvalue weighted by Gasteiger charge is -2.27. The van der Waals surface area contributed by atoms with Crippen molar-refractivity contribution >= 4 is 41.1 Å². The lowest BCUT2D eigenvalue weighted by atomic mass is 10.0. The van der Waals surface area contributed by atoms with Gasteiger partial charge in [0.1, 0.15) is 5.82 Å². The van der Waals surface area contributed by atoms with Gasteiger partial charge in [-0.05, 0) is 56.0 Å². The van der Waals surface area contributed by atoms with E-state index in [0.29, 0.717) is 12.4 Å². The number of piperidine rings is 1. The van der Waals surface area contributed by atoms with Gasteiger partial charge in [0.25, 0.3) is 0 Å². The molecule has 5 rings (SSSR count). The van der Waals surface area contributed by atoms with Crippen molar-refractivity contribution in [2.24, 2.45) is 0 Å². The molecule has 0 radical (unpaired) electrons. The Balaban J connectivity index is 1.22. The molecule has 2 aromatic heterocycles. The van der Waals surface area contributed by atoms with Crippen molar-refractivity contribution in [3.05, 3.63) is 51.6 Å². The van der Waals surface area contributed by atoms with E-state index >= 15 is 0 Å². The zero-order chi connectivity index (χ0) is 21.2. The maximum atomic E-state index is 12.7. The van der Waals surface area contributed by atoms with E-state index in [0.717, 1.165) is 62.1 Å². The highest BCUT2D eigenvalue weighted by Crippen LogP contribution is 2.28. The molecule has 31 heavy (non-hydrogen) atoms. The normalized spacial score (nSPS) is 21.5. The first-order valence-corrected chi connectivity index (χ1v) is 11.7. The summed E-state index contributed by atoms with van der Waals surface area (Å²) >= 11 is 1.59. The van der Waals surface area contributed by atoms with E-state index in [4.69, 9.17) is 0 Å². The van der Waals surface area contributed by atoms with Gasteiger partial charge in [-0.25, -0.2) is 9.97 Å². The van der Waals surface area contributed by atoms with Crippen LogP contribution in [0.1, 0.15) is 42.5 Å². The molecule has 7 nitrogen and oxygen atoms in total. The molecule has 1 unspecified atom stereocenters. The Morgan fingerprint density at radius 1 is 1.23 bits per heavy atom. The van der Waals surface area contributed by atoms with Gasteiger partial charge in [-0.15, -0.1) is 11.3 Å². The summed E-state index contributed by atoms with van der Waals surface area (Å²) in [5.74, 6) is 0.699. The molecule has 2 fully saturated rings. The van der Waals surface area contributed by atoms with Gasteiger partial charge in [0, 0.05) is 42.9 Å². The fourth-order valence-electron chi connectivity index (χ4n) is 4.52. The van der Waals surface area contributed by atoms with Gasteiger partial charge in [-0.3, -0.25) is 14.5 Å². The number of thiazole rings is 1. The van der Waals surface area contributed by atoms with Crippen LogP contribution in [0.25, 0.3) is 12.2 Å². The van der Waals surface area contributed by atoms with Crippen molar-refractivity contribution in [2.75, 3.05) is 25.0 Å². The molecule has 3 aliphatic heterocycles. The van der Waals surface area contributed by atoms with Gasteiger partial charge in [0.15, 0.2) is 0 Å². The maximum absolute atomic E-state index is 12.7. The molecule has 2 saturated heterocycles. The van der Waals surface area contributed by atoms with E-state index in [1.165, 1.54) is 5.57 Å². The number of carbonyl (C=O) groups is 2. The molecule has 1 atom stereocenters. The zero-order valence-corrected chi connectivity index (χ0v) is 18.1. The molecule has 1 N–H and O–H groups in total. The van der Waals surface area contributed by atoms with Crippen LogP contribution in [0.2, 0.25) is 0 Å². The molecule has 0 saturated carbocycles. The number of pyridine rings is 1. The Morgan fingerprint density at radius 3 is 2.90 bits per heavy atom. The van der Waals surface area contributed by atoms with E-state index in [1.807, 2.05) is 27.9 Å². The summed E-state index contributed by atoms with van der Waals surface area (Å²) in [7, 11) is 0. The average molecular weight is 436 g/mol.